The number of carbonyl (C=O) groups is 1. The molecule has 1 rings (SSSR count). The minimum atomic E-state index is 0.0620. The second-order valence-corrected chi connectivity index (χ2v) is 4.44. The predicted octanol–water partition coefficient (Wildman–Crippen LogP) is 1.43. The van der Waals surface area contributed by atoms with Crippen LogP contribution < -0.4 is 5.32 Å². The van der Waals surface area contributed by atoms with Crippen LogP contribution in [0.5, 0.6) is 0 Å². The molecule has 3 nitrogen and oxygen atoms in total. The fraction of sp³-hybridized carbons (Fsp3) is 0.556. The number of nitrogens with zero attached hydrogens (tertiary/aromatic N) is 1. The second kappa shape index (κ2) is 6.03. The maximum Gasteiger partial charge on any atom is 0.220 e. The SMILES string of the molecule is Cc1nc(CCNC(=O)CCS)cs1. The minimum absolute atomic E-state index is 0.0620. The van der Waals surface area contributed by atoms with Gasteiger partial charge in [0.1, 0.15) is 0 Å². The highest BCUT2D eigenvalue weighted by Crippen LogP contribution is 2.07. The molecule has 1 N–H and O–H groups in total. The van der Waals surface area contributed by atoms with Crippen molar-refractivity contribution in [3.05, 3.63) is 16.1 Å². The summed E-state index contributed by atoms with van der Waals surface area (Å²) in [7, 11) is 0. The van der Waals surface area contributed by atoms with Gasteiger partial charge in [0.25, 0.3) is 0 Å². The molecule has 1 heterocycles. The van der Waals surface area contributed by atoms with Crippen molar-refractivity contribution in [1.82, 2.24) is 10.3 Å². The zero-order chi connectivity index (χ0) is 10.4. The molecule has 0 aliphatic rings. The first-order chi connectivity index (χ1) is 6.72. The molecule has 1 aromatic heterocycles. The first-order valence-corrected chi connectivity index (χ1v) is 6.02. The van der Waals surface area contributed by atoms with Gasteiger partial charge in [-0.15, -0.1) is 11.3 Å². The Hall–Kier alpha value is -0.550. The number of nitrogens with one attached hydrogen (secondary N) is 1. The lowest BCUT2D eigenvalue weighted by atomic mass is 10.3. The lowest BCUT2D eigenvalue weighted by molar-refractivity contribution is -0.120. The van der Waals surface area contributed by atoms with E-state index in [0.717, 1.165) is 17.1 Å². The molecule has 0 saturated carbocycles. The third kappa shape index (κ3) is 4.11. The maximum absolute atomic E-state index is 11.1. The summed E-state index contributed by atoms with van der Waals surface area (Å²) in [6.07, 6.45) is 1.29. The van der Waals surface area contributed by atoms with Crippen LogP contribution in [0.3, 0.4) is 0 Å². The van der Waals surface area contributed by atoms with Crippen LogP contribution in [-0.4, -0.2) is 23.2 Å². The summed E-state index contributed by atoms with van der Waals surface area (Å²) in [6, 6.07) is 0. The van der Waals surface area contributed by atoms with E-state index in [1.54, 1.807) is 11.3 Å². The molecule has 0 spiro atoms. The van der Waals surface area contributed by atoms with Crippen LogP contribution in [-0.2, 0) is 11.2 Å². The molecular weight excluding hydrogens is 216 g/mol. The summed E-state index contributed by atoms with van der Waals surface area (Å²) in [6.45, 7) is 2.64. The van der Waals surface area contributed by atoms with Gasteiger partial charge in [0.2, 0.25) is 5.91 Å². The van der Waals surface area contributed by atoms with Crippen LogP contribution in [0.1, 0.15) is 17.1 Å². The molecule has 0 aliphatic carbocycles. The van der Waals surface area contributed by atoms with Crippen LogP contribution in [0.25, 0.3) is 0 Å². The van der Waals surface area contributed by atoms with E-state index in [0.29, 0.717) is 18.7 Å². The van der Waals surface area contributed by atoms with Crippen LogP contribution in [0, 0.1) is 6.92 Å². The molecule has 0 atom stereocenters. The number of rotatable bonds is 5. The topological polar surface area (TPSA) is 42.0 Å². The Morgan fingerprint density at radius 3 is 3.07 bits per heavy atom. The van der Waals surface area contributed by atoms with Crippen molar-refractivity contribution in [2.45, 2.75) is 19.8 Å². The molecular formula is C9H14N2OS2. The maximum atomic E-state index is 11.1. The highest BCUT2D eigenvalue weighted by molar-refractivity contribution is 7.80. The highest BCUT2D eigenvalue weighted by atomic mass is 32.1. The first-order valence-electron chi connectivity index (χ1n) is 4.51. The zero-order valence-corrected chi connectivity index (χ0v) is 9.83. The number of hydrogen-bond acceptors (Lipinski definition) is 4. The van der Waals surface area contributed by atoms with Gasteiger partial charge in [0, 0.05) is 24.8 Å². The van der Waals surface area contributed by atoms with Crippen molar-refractivity contribution in [2.24, 2.45) is 0 Å². The van der Waals surface area contributed by atoms with Crippen molar-refractivity contribution < 1.29 is 4.79 Å². The minimum Gasteiger partial charge on any atom is -0.356 e. The number of hydrogen-bond donors (Lipinski definition) is 2. The molecule has 14 heavy (non-hydrogen) atoms. The summed E-state index contributed by atoms with van der Waals surface area (Å²) in [5, 5.41) is 5.92. The van der Waals surface area contributed by atoms with Gasteiger partial charge in [-0.1, -0.05) is 0 Å². The highest BCUT2D eigenvalue weighted by Gasteiger charge is 2.00. The lowest BCUT2D eigenvalue weighted by Crippen LogP contribution is -2.25. The van der Waals surface area contributed by atoms with E-state index in [2.05, 4.69) is 22.9 Å². The third-order valence-corrected chi connectivity index (χ3v) is 2.75. The van der Waals surface area contributed by atoms with Gasteiger partial charge in [-0.2, -0.15) is 12.6 Å². The fourth-order valence-electron chi connectivity index (χ4n) is 1.04. The van der Waals surface area contributed by atoms with E-state index in [1.807, 2.05) is 12.3 Å². The quantitative estimate of drug-likeness (QED) is 0.751. The molecule has 0 unspecified atom stereocenters. The Morgan fingerprint density at radius 2 is 2.50 bits per heavy atom. The molecule has 0 radical (unpaired) electrons. The molecule has 5 heteroatoms. The Labute approximate surface area is 93.3 Å². The van der Waals surface area contributed by atoms with Gasteiger partial charge in [-0.3, -0.25) is 4.79 Å². The van der Waals surface area contributed by atoms with E-state index >= 15 is 0 Å². The monoisotopic (exact) mass is 230 g/mol. The van der Waals surface area contributed by atoms with Crippen LogP contribution in [0.2, 0.25) is 0 Å². The lowest BCUT2D eigenvalue weighted by Gasteiger charge is -2.01. The predicted molar refractivity (Wildman–Crippen MR) is 62.0 cm³/mol. The van der Waals surface area contributed by atoms with Crippen molar-refractivity contribution in [3.63, 3.8) is 0 Å². The van der Waals surface area contributed by atoms with Crippen LogP contribution in [0.15, 0.2) is 5.38 Å². The third-order valence-electron chi connectivity index (χ3n) is 1.71. The van der Waals surface area contributed by atoms with E-state index in [4.69, 9.17) is 0 Å². The molecule has 78 valence electrons. The number of thiazole rings is 1. The summed E-state index contributed by atoms with van der Waals surface area (Å²) >= 11 is 5.62. The molecule has 0 aliphatic heterocycles. The van der Waals surface area contributed by atoms with Gasteiger partial charge < -0.3 is 5.32 Å². The molecule has 0 bridgehead atoms. The molecule has 1 amide bonds. The Balaban J connectivity index is 2.18. The van der Waals surface area contributed by atoms with Gasteiger partial charge in [-0.25, -0.2) is 4.98 Å². The second-order valence-electron chi connectivity index (χ2n) is 2.93. The summed E-state index contributed by atoms with van der Waals surface area (Å²) in [5.41, 5.74) is 1.05. The standard InChI is InChI=1S/C9H14N2OS2/c1-7-11-8(6-14-7)2-4-10-9(12)3-5-13/h6,13H,2-5H2,1H3,(H,10,12). The van der Waals surface area contributed by atoms with E-state index in [-0.39, 0.29) is 5.91 Å². The van der Waals surface area contributed by atoms with Gasteiger partial charge in [0.15, 0.2) is 0 Å². The van der Waals surface area contributed by atoms with E-state index in [1.165, 1.54) is 0 Å². The zero-order valence-electron chi connectivity index (χ0n) is 8.12. The smallest absolute Gasteiger partial charge is 0.220 e. The van der Waals surface area contributed by atoms with Crippen molar-refractivity contribution >= 4 is 29.9 Å². The molecule has 0 saturated heterocycles. The molecule has 0 aromatic carbocycles. The Morgan fingerprint density at radius 1 is 1.71 bits per heavy atom. The molecule has 0 fully saturated rings. The number of aromatic nitrogens is 1. The van der Waals surface area contributed by atoms with Crippen LogP contribution >= 0.6 is 24.0 Å². The largest absolute Gasteiger partial charge is 0.356 e. The normalized spacial score (nSPS) is 10.1. The van der Waals surface area contributed by atoms with E-state index in [9.17, 15) is 4.79 Å². The summed E-state index contributed by atoms with van der Waals surface area (Å²) < 4.78 is 0. The average molecular weight is 230 g/mol. The Bertz CT molecular complexity index is 299. The summed E-state index contributed by atoms with van der Waals surface area (Å²) in [5.74, 6) is 0.661. The number of carbonyl (C=O) groups excluding carboxylic acids is 1. The molecule has 1 aromatic rings. The number of amides is 1. The van der Waals surface area contributed by atoms with E-state index < -0.39 is 0 Å². The Kier molecular flexibility index (Phi) is 4.97. The van der Waals surface area contributed by atoms with Gasteiger partial charge >= 0.3 is 0 Å². The van der Waals surface area contributed by atoms with Crippen molar-refractivity contribution in [2.75, 3.05) is 12.3 Å². The number of thiol groups is 1. The van der Waals surface area contributed by atoms with Crippen molar-refractivity contribution in [3.8, 4) is 0 Å². The first kappa shape index (κ1) is 11.5. The van der Waals surface area contributed by atoms with Gasteiger partial charge in [-0.05, 0) is 12.7 Å². The fourth-order valence-corrected chi connectivity index (χ4v) is 1.89. The van der Waals surface area contributed by atoms with Crippen LogP contribution in [0.4, 0.5) is 0 Å². The van der Waals surface area contributed by atoms with Gasteiger partial charge in [0.05, 0.1) is 10.7 Å². The average Bonchev–Trinajstić information content (AvgIpc) is 2.52. The van der Waals surface area contributed by atoms with Crippen molar-refractivity contribution in [1.29, 1.82) is 0 Å². The summed E-state index contributed by atoms with van der Waals surface area (Å²) in [4.78, 5) is 15.4. The number of aryl methyl sites for hydroxylation is 1.